The van der Waals surface area contributed by atoms with Crippen LogP contribution in [-0.4, -0.2) is 10.1 Å². The molecule has 0 saturated heterocycles. The van der Waals surface area contributed by atoms with Gasteiger partial charge in [0, 0.05) is 11.6 Å². The fourth-order valence-corrected chi connectivity index (χ4v) is 2.19. The highest BCUT2D eigenvalue weighted by molar-refractivity contribution is 5.87. The van der Waals surface area contributed by atoms with Crippen LogP contribution in [0, 0.1) is 0 Å². The van der Waals surface area contributed by atoms with Crippen molar-refractivity contribution in [3.05, 3.63) is 71.9 Å². The second-order valence-electron chi connectivity index (χ2n) is 4.31. The van der Waals surface area contributed by atoms with Crippen LogP contribution in [0.15, 0.2) is 60.8 Å². The standard InChI is InChI=1S/C16H13NO/c18-15-8-4-7-14-13(9-10-17-16(14)15)11-12-5-2-1-3-6-12/h1-10,18H,11H2. The van der Waals surface area contributed by atoms with Gasteiger partial charge in [0.05, 0.1) is 0 Å². The number of aromatic hydroxyl groups is 1. The van der Waals surface area contributed by atoms with Crippen LogP contribution in [0.1, 0.15) is 11.1 Å². The summed E-state index contributed by atoms with van der Waals surface area (Å²) in [7, 11) is 0. The van der Waals surface area contributed by atoms with Crippen LogP contribution in [-0.2, 0) is 6.42 Å². The maximum atomic E-state index is 9.80. The summed E-state index contributed by atoms with van der Waals surface area (Å²) in [6.45, 7) is 0. The molecule has 0 saturated carbocycles. The minimum absolute atomic E-state index is 0.238. The van der Waals surface area contributed by atoms with Gasteiger partial charge >= 0.3 is 0 Å². The average molecular weight is 235 g/mol. The molecular weight excluding hydrogens is 222 g/mol. The number of pyridine rings is 1. The molecule has 0 fully saturated rings. The van der Waals surface area contributed by atoms with Crippen molar-refractivity contribution < 1.29 is 5.11 Å². The van der Waals surface area contributed by atoms with Crippen molar-refractivity contribution in [2.24, 2.45) is 0 Å². The Morgan fingerprint density at radius 2 is 1.72 bits per heavy atom. The third kappa shape index (κ3) is 1.93. The summed E-state index contributed by atoms with van der Waals surface area (Å²) >= 11 is 0. The highest BCUT2D eigenvalue weighted by Gasteiger charge is 2.05. The van der Waals surface area contributed by atoms with Crippen molar-refractivity contribution in [3.8, 4) is 5.75 Å². The molecule has 2 nitrogen and oxygen atoms in total. The molecule has 18 heavy (non-hydrogen) atoms. The van der Waals surface area contributed by atoms with Gasteiger partial charge in [0.25, 0.3) is 0 Å². The first-order valence-electron chi connectivity index (χ1n) is 5.94. The molecule has 0 unspecified atom stereocenters. The van der Waals surface area contributed by atoms with Gasteiger partial charge < -0.3 is 5.11 Å². The Bertz CT molecular complexity index is 677. The van der Waals surface area contributed by atoms with Gasteiger partial charge in [0.1, 0.15) is 11.3 Å². The lowest BCUT2D eigenvalue weighted by atomic mass is 10.0. The molecule has 0 amide bonds. The Morgan fingerprint density at radius 1 is 0.889 bits per heavy atom. The SMILES string of the molecule is Oc1cccc2c(Cc3ccccc3)ccnc12. The normalized spacial score (nSPS) is 10.7. The van der Waals surface area contributed by atoms with Gasteiger partial charge in [-0.1, -0.05) is 42.5 Å². The molecule has 0 aliphatic heterocycles. The molecule has 0 aliphatic rings. The quantitative estimate of drug-likeness (QED) is 0.737. The van der Waals surface area contributed by atoms with Crippen LogP contribution in [0.3, 0.4) is 0 Å². The smallest absolute Gasteiger partial charge is 0.141 e. The van der Waals surface area contributed by atoms with Crippen molar-refractivity contribution in [1.82, 2.24) is 4.98 Å². The van der Waals surface area contributed by atoms with Gasteiger partial charge in [-0.15, -0.1) is 0 Å². The predicted molar refractivity (Wildman–Crippen MR) is 72.7 cm³/mol. The third-order valence-corrected chi connectivity index (χ3v) is 3.08. The number of nitrogens with zero attached hydrogens (tertiary/aromatic N) is 1. The number of aromatic nitrogens is 1. The van der Waals surface area contributed by atoms with Gasteiger partial charge in [0.15, 0.2) is 0 Å². The molecule has 1 aromatic heterocycles. The third-order valence-electron chi connectivity index (χ3n) is 3.08. The second-order valence-corrected chi connectivity index (χ2v) is 4.31. The first-order valence-corrected chi connectivity index (χ1v) is 5.94. The van der Waals surface area contributed by atoms with Crippen LogP contribution in [0.2, 0.25) is 0 Å². The zero-order chi connectivity index (χ0) is 12.4. The molecular formula is C16H13NO. The summed E-state index contributed by atoms with van der Waals surface area (Å²) in [4.78, 5) is 4.23. The van der Waals surface area contributed by atoms with Crippen LogP contribution < -0.4 is 0 Å². The predicted octanol–water partition coefficient (Wildman–Crippen LogP) is 3.53. The summed E-state index contributed by atoms with van der Waals surface area (Å²) in [5.41, 5.74) is 3.11. The van der Waals surface area contributed by atoms with E-state index in [2.05, 4.69) is 17.1 Å². The number of phenols is 1. The molecule has 2 heteroatoms. The summed E-state index contributed by atoms with van der Waals surface area (Å²) in [6, 6.07) is 17.8. The van der Waals surface area contributed by atoms with Crippen LogP contribution in [0.25, 0.3) is 10.9 Å². The maximum Gasteiger partial charge on any atom is 0.141 e. The summed E-state index contributed by atoms with van der Waals surface area (Å²) in [5.74, 6) is 0.238. The zero-order valence-electron chi connectivity index (χ0n) is 9.88. The first kappa shape index (κ1) is 10.8. The highest BCUT2D eigenvalue weighted by atomic mass is 16.3. The Balaban J connectivity index is 2.10. The van der Waals surface area contributed by atoms with E-state index in [4.69, 9.17) is 0 Å². The Labute approximate surface area is 106 Å². The lowest BCUT2D eigenvalue weighted by Gasteiger charge is -2.07. The minimum atomic E-state index is 0.238. The molecule has 0 bridgehead atoms. The average Bonchev–Trinajstić information content (AvgIpc) is 2.41. The van der Waals surface area contributed by atoms with Crippen molar-refractivity contribution in [2.75, 3.05) is 0 Å². The van der Waals surface area contributed by atoms with Crippen molar-refractivity contribution >= 4 is 10.9 Å². The zero-order valence-corrected chi connectivity index (χ0v) is 9.88. The Kier molecular flexibility index (Phi) is 2.69. The minimum Gasteiger partial charge on any atom is -0.506 e. The van der Waals surface area contributed by atoms with E-state index < -0.39 is 0 Å². The van der Waals surface area contributed by atoms with E-state index in [0.29, 0.717) is 5.52 Å². The molecule has 0 aliphatic carbocycles. The second kappa shape index (κ2) is 4.49. The van der Waals surface area contributed by atoms with E-state index in [1.807, 2.05) is 36.4 Å². The summed E-state index contributed by atoms with van der Waals surface area (Å²) < 4.78 is 0. The topological polar surface area (TPSA) is 33.1 Å². The number of benzene rings is 2. The molecule has 1 heterocycles. The fourth-order valence-electron chi connectivity index (χ4n) is 2.19. The molecule has 0 spiro atoms. The van der Waals surface area contributed by atoms with Gasteiger partial charge in [0.2, 0.25) is 0 Å². The van der Waals surface area contributed by atoms with Gasteiger partial charge in [-0.05, 0) is 29.7 Å². The van der Waals surface area contributed by atoms with E-state index >= 15 is 0 Å². The van der Waals surface area contributed by atoms with Gasteiger partial charge in [-0.25, -0.2) is 0 Å². The summed E-state index contributed by atoms with van der Waals surface area (Å²) in [5, 5.41) is 10.8. The molecule has 88 valence electrons. The largest absolute Gasteiger partial charge is 0.506 e. The maximum absolute atomic E-state index is 9.80. The lowest BCUT2D eigenvalue weighted by Crippen LogP contribution is -1.91. The van der Waals surface area contributed by atoms with E-state index in [1.165, 1.54) is 11.1 Å². The van der Waals surface area contributed by atoms with Crippen LogP contribution in [0.4, 0.5) is 0 Å². The number of para-hydroxylation sites is 1. The highest BCUT2D eigenvalue weighted by Crippen LogP contribution is 2.25. The van der Waals surface area contributed by atoms with Crippen molar-refractivity contribution in [1.29, 1.82) is 0 Å². The summed E-state index contributed by atoms with van der Waals surface area (Å²) in [6.07, 6.45) is 2.60. The van der Waals surface area contributed by atoms with Gasteiger partial charge in [-0.3, -0.25) is 4.98 Å². The monoisotopic (exact) mass is 235 g/mol. The number of phenolic OH excluding ortho intramolecular Hbond substituents is 1. The number of rotatable bonds is 2. The molecule has 0 atom stereocenters. The number of hydrogen-bond donors (Lipinski definition) is 1. The number of fused-ring (bicyclic) bond motifs is 1. The Hall–Kier alpha value is -2.35. The molecule has 0 radical (unpaired) electrons. The van der Waals surface area contributed by atoms with E-state index in [1.54, 1.807) is 12.3 Å². The van der Waals surface area contributed by atoms with Crippen molar-refractivity contribution in [3.63, 3.8) is 0 Å². The number of hydrogen-bond acceptors (Lipinski definition) is 2. The fraction of sp³-hybridized carbons (Fsp3) is 0.0625. The molecule has 3 aromatic rings. The van der Waals surface area contributed by atoms with Crippen LogP contribution in [0.5, 0.6) is 5.75 Å². The van der Waals surface area contributed by atoms with Crippen molar-refractivity contribution in [2.45, 2.75) is 6.42 Å². The van der Waals surface area contributed by atoms with E-state index in [0.717, 1.165) is 11.8 Å². The molecule has 2 aromatic carbocycles. The lowest BCUT2D eigenvalue weighted by molar-refractivity contribution is 0.480. The molecule has 3 rings (SSSR count). The van der Waals surface area contributed by atoms with E-state index in [9.17, 15) is 5.11 Å². The Morgan fingerprint density at radius 3 is 2.56 bits per heavy atom. The van der Waals surface area contributed by atoms with Crippen LogP contribution >= 0.6 is 0 Å². The van der Waals surface area contributed by atoms with E-state index in [-0.39, 0.29) is 5.75 Å². The van der Waals surface area contributed by atoms with Gasteiger partial charge in [-0.2, -0.15) is 0 Å². The first-order chi connectivity index (χ1) is 8.84. The molecule has 1 N–H and O–H groups in total.